The van der Waals surface area contributed by atoms with Gasteiger partial charge in [0, 0.05) is 0 Å². The summed E-state index contributed by atoms with van der Waals surface area (Å²) < 4.78 is 61.0. The lowest BCUT2D eigenvalue weighted by Crippen LogP contribution is -2.04. The average Bonchev–Trinajstić information content (AvgIpc) is 2.14. The molecule has 0 unspecified atom stereocenters. The Labute approximate surface area is 93.4 Å². The molecule has 1 aromatic carbocycles. The van der Waals surface area contributed by atoms with Gasteiger partial charge in [-0.05, 0) is 30.2 Å². The van der Waals surface area contributed by atoms with E-state index in [-0.39, 0.29) is 0 Å². The summed E-state index contributed by atoms with van der Waals surface area (Å²) in [5, 5.41) is 0. The Morgan fingerprint density at radius 3 is 1.56 bits per heavy atom. The Morgan fingerprint density at radius 1 is 0.938 bits per heavy atom. The molecule has 0 amide bonds. The Hall–Kier alpha value is -0.960. The molecule has 0 aliphatic heterocycles. The highest BCUT2D eigenvalue weighted by molar-refractivity contribution is 7.86. The quantitative estimate of drug-likeness (QED) is 0.781. The number of benzene rings is 1. The second kappa shape index (κ2) is 4.13. The van der Waals surface area contributed by atoms with Gasteiger partial charge in [0.2, 0.25) is 0 Å². The standard InChI is InChI=1S/C8H10O6S2/c1-2-6-3-7(15(9,10)11)5-8(4-6)16(12,13)14/h3-5H,2H2,1H3,(H,9,10,11)(H,12,13,14). The van der Waals surface area contributed by atoms with Crippen LogP contribution in [0.15, 0.2) is 28.0 Å². The van der Waals surface area contributed by atoms with Crippen LogP contribution < -0.4 is 0 Å². The molecule has 16 heavy (non-hydrogen) atoms. The van der Waals surface area contributed by atoms with Crippen molar-refractivity contribution in [2.75, 3.05) is 0 Å². The van der Waals surface area contributed by atoms with Gasteiger partial charge in [-0.25, -0.2) is 0 Å². The van der Waals surface area contributed by atoms with Crippen molar-refractivity contribution in [3.8, 4) is 0 Å². The second-order valence-electron chi connectivity index (χ2n) is 3.12. The molecule has 90 valence electrons. The maximum atomic E-state index is 10.9. The molecule has 0 saturated carbocycles. The molecule has 8 heteroatoms. The minimum absolute atomic E-state index is 0.367. The van der Waals surface area contributed by atoms with E-state index < -0.39 is 30.0 Å². The van der Waals surface area contributed by atoms with Crippen molar-refractivity contribution in [2.45, 2.75) is 23.1 Å². The van der Waals surface area contributed by atoms with E-state index in [2.05, 4.69) is 0 Å². The minimum Gasteiger partial charge on any atom is -0.282 e. The zero-order chi connectivity index (χ0) is 12.6. The van der Waals surface area contributed by atoms with Crippen molar-refractivity contribution in [3.63, 3.8) is 0 Å². The van der Waals surface area contributed by atoms with Crippen LogP contribution in [-0.4, -0.2) is 25.9 Å². The number of rotatable bonds is 3. The normalized spacial score (nSPS) is 12.7. The summed E-state index contributed by atoms with van der Waals surface area (Å²) in [7, 11) is -8.99. The van der Waals surface area contributed by atoms with Gasteiger partial charge >= 0.3 is 0 Å². The number of aryl methyl sites for hydroxylation is 1. The molecular formula is C8H10O6S2. The van der Waals surface area contributed by atoms with E-state index in [9.17, 15) is 16.8 Å². The topological polar surface area (TPSA) is 109 Å². The maximum absolute atomic E-state index is 10.9. The van der Waals surface area contributed by atoms with Gasteiger partial charge in [-0.2, -0.15) is 16.8 Å². The third-order valence-electron chi connectivity index (χ3n) is 1.94. The monoisotopic (exact) mass is 266 g/mol. The Morgan fingerprint density at radius 2 is 1.31 bits per heavy atom. The van der Waals surface area contributed by atoms with E-state index >= 15 is 0 Å². The van der Waals surface area contributed by atoms with Gasteiger partial charge in [-0.15, -0.1) is 0 Å². The van der Waals surface area contributed by atoms with E-state index in [1.54, 1.807) is 6.92 Å². The van der Waals surface area contributed by atoms with Gasteiger partial charge in [-0.1, -0.05) is 6.92 Å². The van der Waals surface area contributed by atoms with Crippen LogP contribution in [0.25, 0.3) is 0 Å². The fraction of sp³-hybridized carbons (Fsp3) is 0.250. The molecule has 0 bridgehead atoms. The predicted octanol–water partition coefficient (Wildman–Crippen LogP) is 0.742. The van der Waals surface area contributed by atoms with E-state index in [0.29, 0.717) is 18.1 Å². The lowest BCUT2D eigenvalue weighted by molar-refractivity contribution is 0.481. The van der Waals surface area contributed by atoms with Crippen LogP contribution >= 0.6 is 0 Å². The SMILES string of the molecule is CCc1cc(S(=O)(=O)O)cc(S(=O)(=O)O)c1. The number of hydrogen-bond donors (Lipinski definition) is 2. The van der Waals surface area contributed by atoms with Crippen molar-refractivity contribution in [3.05, 3.63) is 23.8 Å². The first kappa shape index (κ1) is 13.1. The summed E-state index contributed by atoms with van der Waals surface area (Å²) in [6, 6.07) is 2.98. The fourth-order valence-electron chi connectivity index (χ4n) is 1.13. The van der Waals surface area contributed by atoms with Gasteiger partial charge in [0.15, 0.2) is 0 Å². The minimum atomic E-state index is -4.49. The summed E-state index contributed by atoms with van der Waals surface area (Å²) in [6.07, 6.45) is 0.367. The van der Waals surface area contributed by atoms with E-state index in [4.69, 9.17) is 9.11 Å². The summed E-state index contributed by atoms with van der Waals surface area (Å²) in [5.41, 5.74) is 0.378. The Bertz CT molecular complexity index is 549. The van der Waals surface area contributed by atoms with E-state index in [0.717, 1.165) is 12.1 Å². The molecular weight excluding hydrogens is 256 g/mol. The molecule has 0 aliphatic carbocycles. The van der Waals surface area contributed by atoms with Gasteiger partial charge < -0.3 is 0 Å². The zero-order valence-corrected chi connectivity index (χ0v) is 9.92. The molecule has 1 rings (SSSR count). The van der Waals surface area contributed by atoms with Crippen molar-refractivity contribution in [1.82, 2.24) is 0 Å². The van der Waals surface area contributed by atoms with Crippen molar-refractivity contribution >= 4 is 20.2 Å². The van der Waals surface area contributed by atoms with Crippen molar-refractivity contribution in [2.24, 2.45) is 0 Å². The van der Waals surface area contributed by atoms with Gasteiger partial charge in [0.05, 0.1) is 9.79 Å². The summed E-state index contributed by atoms with van der Waals surface area (Å²) >= 11 is 0. The summed E-state index contributed by atoms with van der Waals surface area (Å²) in [5.74, 6) is 0. The van der Waals surface area contributed by atoms with Crippen LogP contribution in [0, 0.1) is 0 Å². The van der Waals surface area contributed by atoms with Gasteiger partial charge in [0.25, 0.3) is 20.2 Å². The Kier molecular flexibility index (Phi) is 3.38. The largest absolute Gasteiger partial charge is 0.294 e. The van der Waals surface area contributed by atoms with Gasteiger partial charge in [-0.3, -0.25) is 9.11 Å². The molecule has 0 radical (unpaired) electrons. The fourth-order valence-corrected chi connectivity index (χ4v) is 2.36. The lowest BCUT2D eigenvalue weighted by atomic mass is 10.2. The first-order valence-corrected chi connectivity index (χ1v) is 7.11. The molecule has 1 aromatic rings. The molecule has 0 aromatic heterocycles. The molecule has 0 atom stereocenters. The highest BCUT2D eigenvalue weighted by atomic mass is 32.2. The Balaban J connectivity index is 3.58. The number of hydrogen-bond acceptors (Lipinski definition) is 4. The van der Waals surface area contributed by atoms with E-state index in [1.807, 2.05) is 0 Å². The van der Waals surface area contributed by atoms with E-state index in [1.165, 1.54) is 0 Å². The zero-order valence-electron chi connectivity index (χ0n) is 8.28. The molecule has 0 heterocycles. The van der Waals surface area contributed by atoms with Crippen LogP contribution in [0.5, 0.6) is 0 Å². The summed E-state index contributed by atoms with van der Waals surface area (Å²) in [4.78, 5) is -1.11. The van der Waals surface area contributed by atoms with Crippen LogP contribution in [-0.2, 0) is 26.7 Å². The maximum Gasteiger partial charge on any atom is 0.294 e. The molecule has 6 nitrogen and oxygen atoms in total. The van der Waals surface area contributed by atoms with Crippen LogP contribution in [0.2, 0.25) is 0 Å². The smallest absolute Gasteiger partial charge is 0.282 e. The second-order valence-corrected chi connectivity index (χ2v) is 5.96. The van der Waals surface area contributed by atoms with Gasteiger partial charge in [0.1, 0.15) is 0 Å². The molecule has 0 saturated heterocycles. The highest BCUT2D eigenvalue weighted by Crippen LogP contribution is 2.19. The first-order chi connectivity index (χ1) is 7.14. The molecule has 0 fully saturated rings. The lowest BCUT2D eigenvalue weighted by Gasteiger charge is -2.04. The first-order valence-electron chi connectivity index (χ1n) is 4.23. The predicted molar refractivity (Wildman–Crippen MR) is 55.4 cm³/mol. The highest BCUT2D eigenvalue weighted by Gasteiger charge is 2.17. The third-order valence-corrected chi connectivity index (χ3v) is 3.61. The third kappa shape index (κ3) is 3.01. The van der Waals surface area contributed by atoms with Crippen LogP contribution in [0.1, 0.15) is 12.5 Å². The molecule has 0 aliphatic rings. The van der Waals surface area contributed by atoms with Crippen molar-refractivity contribution < 1.29 is 25.9 Å². The summed E-state index contributed by atoms with van der Waals surface area (Å²) in [6.45, 7) is 1.68. The van der Waals surface area contributed by atoms with Crippen LogP contribution in [0.4, 0.5) is 0 Å². The average molecular weight is 266 g/mol. The molecule has 2 N–H and O–H groups in total. The van der Waals surface area contributed by atoms with Crippen LogP contribution in [0.3, 0.4) is 0 Å². The molecule has 0 spiro atoms. The van der Waals surface area contributed by atoms with Crippen molar-refractivity contribution in [1.29, 1.82) is 0 Å².